The number of nitrogens with zero attached hydrogens (tertiary/aromatic N) is 4. The Kier molecular flexibility index (Phi) is 4.62. The van der Waals surface area contributed by atoms with Crippen LogP contribution in [0.25, 0.3) is 5.57 Å². The van der Waals surface area contributed by atoms with Gasteiger partial charge in [0.2, 0.25) is 11.9 Å². The molecule has 32 heavy (non-hydrogen) atoms. The van der Waals surface area contributed by atoms with Crippen molar-refractivity contribution in [1.29, 1.82) is 0 Å². The van der Waals surface area contributed by atoms with Crippen LogP contribution in [0.2, 0.25) is 0 Å². The number of carbonyl (C=O) groups excluding carboxylic acids is 1. The topological polar surface area (TPSA) is 96.5 Å². The van der Waals surface area contributed by atoms with E-state index in [1.165, 1.54) is 6.20 Å². The number of amides is 1. The standard InChI is InChI=1S/C22H25F3N6O/c1-27-9-14(8-26)29-19-28-5-4-17(30-19)13-6-15-2-3-16(7-13)31(15)18(32)20-10-21(11-20,12-20)22(23,24)25/h4-6,8-9,15-16H,2-3,7,10-12,26H2,1H3,(H,28,29,30). The molecule has 1 aromatic heterocycles. The Bertz CT molecular complexity index is 1030. The molecule has 4 bridgehead atoms. The van der Waals surface area contributed by atoms with Gasteiger partial charge in [0.25, 0.3) is 0 Å². The van der Waals surface area contributed by atoms with Crippen LogP contribution in [0.1, 0.15) is 44.2 Å². The van der Waals surface area contributed by atoms with Gasteiger partial charge >= 0.3 is 6.18 Å². The first-order valence-electron chi connectivity index (χ1n) is 10.7. The van der Waals surface area contributed by atoms with Crippen LogP contribution in [0.4, 0.5) is 19.1 Å². The summed E-state index contributed by atoms with van der Waals surface area (Å²) in [5.74, 6) is 0.296. The zero-order valence-corrected chi connectivity index (χ0v) is 17.7. The largest absolute Gasteiger partial charge is 0.403 e. The highest BCUT2D eigenvalue weighted by Gasteiger charge is 2.81. The lowest BCUT2D eigenvalue weighted by atomic mass is 9.34. The van der Waals surface area contributed by atoms with Crippen LogP contribution in [0.15, 0.2) is 35.2 Å². The number of rotatable bonds is 5. The average Bonchev–Trinajstić information content (AvgIpc) is 2.94. The van der Waals surface area contributed by atoms with Crippen molar-refractivity contribution in [3.05, 3.63) is 35.9 Å². The lowest BCUT2D eigenvalue weighted by Gasteiger charge is -2.70. The molecule has 6 rings (SSSR count). The van der Waals surface area contributed by atoms with Crippen molar-refractivity contribution in [3.8, 4) is 0 Å². The molecule has 2 aliphatic heterocycles. The van der Waals surface area contributed by atoms with Gasteiger partial charge in [-0.25, -0.2) is 9.97 Å². The molecular weight excluding hydrogens is 421 g/mol. The van der Waals surface area contributed by atoms with E-state index in [0.717, 1.165) is 24.1 Å². The highest BCUT2D eigenvalue weighted by Crippen LogP contribution is 2.79. The Labute approximate surface area is 183 Å². The number of allylic oxidation sites excluding steroid dienone is 1. The monoisotopic (exact) mass is 446 g/mol. The zero-order chi connectivity index (χ0) is 22.7. The summed E-state index contributed by atoms with van der Waals surface area (Å²) in [6.45, 7) is 0. The molecule has 3 saturated carbocycles. The lowest BCUT2D eigenvalue weighted by molar-refractivity contribution is -0.353. The first-order valence-corrected chi connectivity index (χ1v) is 10.7. The summed E-state index contributed by atoms with van der Waals surface area (Å²) in [7, 11) is 1.63. The number of hydrogen-bond donors (Lipinski definition) is 2. The molecule has 1 saturated heterocycles. The fraction of sp³-hybridized carbons (Fsp3) is 0.545. The van der Waals surface area contributed by atoms with E-state index in [1.54, 1.807) is 19.5 Å². The summed E-state index contributed by atoms with van der Waals surface area (Å²) < 4.78 is 39.6. The molecule has 2 unspecified atom stereocenters. The van der Waals surface area contributed by atoms with Crippen LogP contribution in [-0.2, 0) is 4.79 Å². The van der Waals surface area contributed by atoms with E-state index in [4.69, 9.17) is 5.73 Å². The summed E-state index contributed by atoms with van der Waals surface area (Å²) in [4.78, 5) is 27.8. The van der Waals surface area contributed by atoms with E-state index in [1.807, 2.05) is 17.0 Å². The van der Waals surface area contributed by atoms with E-state index in [9.17, 15) is 18.0 Å². The van der Waals surface area contributed by atoms with Crippen molar-refractivity contribution in [2.45, 2.75) is 56.8 Å². The molecule has 7 nitrogen and oxygen atoms in total. The molecule has 3 aliphatic carbocycles. The smallest absolute Gasteiger partial charge is 0.394 e. The van der Waals surface area contributed by atoms with Crippen LogP contribution in [-0.4, -0.2) is 52.3 Å². The third-order valence-electron chi connectivity index (χ3n) is 7.40. The highest BCUT2D eigenvalue weighted by molar-refractivity contribution is 5.88. The number of aliphatic imine (C=N–C) groups is 1. The quantitative estimate of drug-likeness (QED) is 0.677. The minimum atomic E-state index is -4.20. The van der Waals surface area contributed by atoms with Crippen molar-refractivity contribution in [3.63, 3.8) is 0 Å². The number of halogens is 3. The van der Waals surface area contributed by atoms with Crippen molar-refractivity contribution < 1.29 is 18.0 Å². The molecule has 1 aromatic rings. The summed E-state index contributed by atoms with van der Waals surface area (Å²) in [5.41, 5.74) is 5.53. The Morgan fingerprint density at radius 2 is 2.09 bits per heavy atom. The van der Waals surface area contributed by atoms with Crippen LogP contribution in [0.3, 0.4) is 0 Å². The van der Waals surface area contributed by atoms with Gasteiger partial charge in [-0.1, -0.05) is 6.08 Å². The molecule has 0 aromatic carbocycles. The van der Waals surface area contributed by atoms with Gasteiger partial charge < -0.3 is 16.0 Å². The summed E-state index contributed by atoms with van der Waals surface area (Å²) in [6, 6.07) is 1.73. The minimum absolute atomic E-state index is 0.00135. The Balaban J connectivity index is 1.32. The fourth-order valence-electron chi connectivity index (χ4n) is 5.91. The van der Waals surface area contributed by atoms with Gasteiger partial charge in [-0.15, -0.1) is 0 Å². The number of aromatic nitrogens is 2. The number of hydrogen-bond acceptors (Lipinski definition) is 6. The molecule has 1 amide bonds. The van der Waals surface area contributed by atoms with E-state index in [0.29, 0.717) is 18.1 Å². The van der Waals surface area contributed by atoms with Crippen molar-refractivity contribution in [2.24, 2.45) is 21.6 Å². The Morgan fingerprint density at radius 3 is 2.72 bits per heavy atom. The van der Waals surface area contributed by atoms with E-state index in [-0.39, 0.29) is 37.3 Å². The third-order valence-corrected chi connectivity index (χ3v) is 7.40. The van der Waals surface area contributed by atoms with Crippen LogP contribution >= 0.6 is 0 Å². The van der Waals surface area contributed by atoms with Gasteiger partial charge in [0.15, 0.2) is 0 Å². The number of fused-ring (bicyclic) bond motifs is 2. The first kappa shape index (κ1) is 21.0. The molecule has 2 atom stereocenters. The second-order valence-electron chi connectivity index (χ2n) is 9.40. The van der Waals surface area contributed by atoms with Gasteiger partial charge in [0.1, 0.15) is 0 Å². The Morgan fingerprint density at radius 1 is 1.34 bits per heavy atom. The SMILES string of the molecule is CN=CC(=CN)Nc1nccc(C2=CC3CCC(C2)N3C(=O)C23CC(C(F)(F)F)(C2)C3)n1. The first-order chi connectivity index (χ1) is 15.2. The molecule has 0 spiro atoms. The normalized spacial score (nSPS) is 33.6. The second kappa shape index (κ2) is 7.05. The van der Waals surface area contributed by atoms with E-state index >= 15 is 0 Å². The maximum atomic E-state index is 13.2. The zero-order valence-electron chi connectivity index (χ0n) is 17.7. The van der Waals surface area contributed by atoms with Gasteiger partial charge in [0, 0.05) is 31.7 Å². The minimum Gasteiger partial charge on any atom is -0.403 e. The van der Waals surface area contributed by atoms with Crippen molar-refractivity contribution >= 4 is 23.6 Å². The molecule has 0 radical (unpaired) electrons. The predicted octanol–water partition coefficient (Wildman–Crippen LogP) is 3.27. The van der Waals surface area contributed by atoms with Gasteiger partial charge in [0.05, 0.1) is 28.3 Å². The van der Waals surface area contributed by atoms with E-state index < -0.39 is 17.0 Å². The molecular formula is C22H25F3N6O. The van der Waals surface area contributed by atoms with Gasteiger partial charge in [-0.05, 0) is 50.2 Å². The predicted molar refractivity (Wildman–Crippen MR) is 113 cm³/mol. The average molecular weight is 446 g/mol. The third kappa shape index (κ3) is 3.02. The number of nitrogens with two attached hydrogens (primary N) is 1. The highest BCUT2D eigenvalue weighted by atomic mass is 19.4. The summed E-state index contributed by atoms with van der Waals surface area (Å²) >= 11 is 0. The molecule has 4 fully saturated rings. The van der Waals surface area contributed by atoms with Crippen LogP contribution in [0, 0.1) is 10.8 Å². The van der Waals surface area contributed by atoms with Crippen LogP contribution < -0.4 is 11.1 Å². The van der Waals surface area contributed by atoms with Gasteiger partial charge in [-0.2, -0.15) is 13.2 Å². The van der Waals surface area contributed by atoms with Crippen molar-refractivity contribution in [2.75, 3.05) is 12.4 Å². The fourth-order valence-corrected chi connectivity index (χ4v) is 5.91. The summed E-state index contributed by atoms with van der Waals surface area (Å²) in [6.07, 6.45) is 4.60. The summed E-state index contributed by atoms with van der Waals surface area (Å²) in [5, 5.41) is 3.01. The maximum absolute atomic E-state index is 13.2. The molecule has 5 aliphatic rings. The van der Waals surface area contributed by atoms with E-state index in [2.05, 4.69) is 20.3 Å². The number of anilines is 1. The van der Waals surface area contributed by atoms with Crippen LogP contribution in [0.5, 0.6) is 0 Å². The number of nitrogens with one attached hydrogen (secondary N) is 1. The molecule has 170 valence electrons. The molecule has 3 N–H and O–H groups in total. The van der Waals surface area contributed by atoms with Crippen molar-refractivity contribution in [1.82, 2.24) is 14.9 Å². The second-order valence-corrected chi connectivity index (χ2v) is 9.40. The number of carbonyl (C=O) groups is 1. The Hall–Kier alpha value is -2.91. The van der Waals surface area contributed by atoms with Gasteiger partial charge in [-0.3, -0.25) is 9.79 Å². The molecule has 3 heterocycles. The lowest BCUT2D eigenvalue weighted by Crippen LogP contribution is -2.73. The maximum Gasteiger partial charge on any atom is 0.394 e. The molecule has 10 heteroatoms. The number of alkyl halides is 3.